The molecule has 8 nitrogen and oxygen atoms in total. The molecular weight excluding hydrogens is 1210 g/mol. The minimum Gasteiger partial charge on any atom is -0.354 e. The number of H-pyrrole nitrogens is 1. The van der Waals surface area contributed by atoms with E-state index in [9.17, 15) is 0 Å². The molecule has 0 unspecified atom stereocenters. The number of benzene rings is 14. The molecule has 1 radical (unpaired) electrons. The van der Waals surface area contributed by atoms with Gasteiger partial charge >= 0.3 is 0 Å². The summed E-state index contributed by atoms with van der Waals surface area (Å²) in [5.74, 6) is 0.822. The Morgan fingerprint density at radius 3 is 1.28 bits per heavy atom. The Kier molecular flexibility index (Phi) is 13.9. The number of aromatic nitrogens is 8. The maximum Gasteiger partial charge on any atom is 0.165 e. The zero-order valence-electron chi connectivity index (χ0n) is 50.5. The molecule has 10 heteroatoms. The van der Waals surface area contributed by atoms with Crippen LogP contribution in [0, 0.1) is 0 Å². The monoisotopic (exact) mass is 1260 g/mol. The second-order valence-electron chi connectivity index (χ2n) is 23.5. The van der Waals surface area contributed by atoms with Gasteiger partial charge < -0.3 is 14.1 Å². The zero-order chi connectivity index (χ0) is 61.5. The first-order chi connectivity index (χ1) is 46.1. The molecule has 6 aromatic heterocycles. The van der Waals surface area contributed by atoms with Gasteiger partial charge in [-0.15, -0.1) is 0 Å². The van der Waals surface area contributed by atoms with Gasteiger partial charge in [0.25, 0.3) is 0 Å². The Bertz CT molecular complexity index is 6320. The molecule has 0 aliphatic rings. The third-order valence-corrected chi connectivity index (χ3v) is 18.4. The molecule has 1 N–H and O–H groups in total. The van der Waals surface area contributed by atoms with E-state index in [1.807, 2.05) is 84.9 Å². The molecule has 0 spiro atoms. The third kappa shape index (κ3) is 9.37. The molecule has 0 bridgehead atoms. The van der Waals surface area contributed by atoms with Crippen molar-refractivity contribution in [2.24, 2.45) is 0 Å². The van der Waals surface area contributed by atoms with Crippen LogP contribution in [-0.2, 0) is 18.6 Å². The second-order valence-corrected chi connectivity index (χ2v) is 23.9. The molecule has 441 valence electrons. The second kappa shape index (κ2) is 23.2. The van der Waals surface area contributed by atoms with E-state index in [1.54, 1.807) is 0 Å². The van der Waals surface area contributed by atoms with Crippen LogP contribution in [0.4, 0.5) is 0 Å². The molecule has 0 fully saturated rings. The number of fused-ring (bicyclic) bond motifs is 18. The van der Waals surface area contributed by atoms with Crippen molar-refractivity contribution in [2.45, 2.75) is 0 Å². The van der Waals surface area contributed by atoms with Crippen LogP contribution >= 0.6 is 11.6 Å². The fraction of sp³-hybridized carbons (Fsp3) is 0. The van der Waals surface area contributed by atoms with Crippen molar-refractivity contribution in [2.75, 3.05) is 0 Å². The van der Waals surface area contributed by atoms with Crippen molar-refractivity contribution in [1.82, 2.24) is 38.6 Å². The van der Waals surface area contributed by atoms with Crippen LogP contribution in [0.3, 0.4) is 0 Å². The first-order valence-electron chi connectivity index (χ1n) is 31.2. The summed E-state index contributed by atoms with van der Waals surface area (Å²) in [5, 5.41) is 15.6. The van der Waals surface area contributed by atoms with Gasteiger partial charge in [0.1, 0.15) is 11.4 Å². The van der Waals surface area contributed by atoms with Crippen LogP contribution in [0.1, 0.15) is 0 Å². The number of rotatable bonds is 5. The number of para-hydroxylation sites is 8. The van der Waals surface area contributed by atoms with Crippen LogP contribution in [0.5, 0.6) is 0 Å². The smallest absolute Gasteiger partial charge is 0.165 e. The first-order valence-corrected chi connectivity index (χ1v) is 31.6. The van der Waals surface area contributed by atoms with Crippen molar-refractivity contribution in [3.05, 3.63) is 321 Å². The van der Waals surface area contributed by atoms with Crippen LogP contribution in [0.25, 0.3) is 171 Å². The summed E-state index contributed by atoms with van der Waals surface area (Å²) in [5.41, 5.74) is 18.7. The Morgan fingerprint density at radius 2 is 0.691 bits per heavy atom. The largest absolute Gasteiger partial charge is 0.354 e. The summed E-state index contributed by atoms with van der Waals surface area (Å²) in [6, 6.07) is 110. The summed E-state index contributed by atoms with van der Waals surface area (Å²) < 4.78 is 7.11. The maximum atomic E-state index is 6.16. The Morgan fingerprint density at radius 1 is 0.266 bits per heavy atom. The van der Waals surface area contributed by atoms with Crippen LogP contribution in [-0.4, -0.2) is 38.6 Å². The fourth-order valence-corrected chi connectivity index (χ4v) is 14.3. The summed E-state index contributed by atoms with van der Waals surface area (Å²) in [6.45, 7) is 0. The zero-order valence-corrected chi connectivity index (χ0v) is 52.6. The van der Waals surface area contributed by atoms with Crippen LogP contribution in [0.15, 0.2) is 315 Å². The standard InChI is InChI=1S/C42H26N4.C28H18N2.C14H9ClN2.V/c1-3-14-28(15-4-1)41-42(44-35-21-11-10-20-34(35)43-41)46-36-22-12-9-19-31(36)32-25-33-39(26-38(32)46)45(29-16-5-2-6-17-29)37-24-23-27-13-7-8-18-30(27)40(33)37;1-2-9-19(10-3-1)30-26-15-14-18-8-4-5-11-20(18)28(26)23-16-22-21-12-6-7-13-24(21)29-25(22)17-27(23)30;15-14-13(10-6-2-1-3-7-10)16-11-8-4-5-9-12(11)17-14;/h1-26H;1-17,29H;1-9H;. The van der Waals surface area contributed by atoms with Gasteiger partial charge in [-0.05, 0) is 119 Å². The van der Waals surface area contributed by atoms with E-state index in [0.29, 0.717) is 5.15 Å². The van der Waals surface area contributed by atoms with Gasteiger partial charge in [-0.25, -0.2) is 19.9 Å². The van der Waals surface area contributed by atoms with Crippen molar-refractivity contribution >= 4 is 142 Å². The molecule has 0 amide bonds. The number of nitrogens with zero attached hydrogens (tertiary/aromatic N) is 7. The van der Waals surface area contributed by atoms with Crippen molar-refractivity contribution < 1.29 is 18.6 Å². The van der Waals surface area contributed by atoms with Gasteiger partial charge in [-0.3, -0.25) is 4.57 Å². The van der Waals surface area contributed by atoms with E-state index in [2.05, 4.69) is 259 Å². The summed E-state index contributed by atoms with van der Waals surface area (Å²) in [6.07, 6.45) is 0. The summed E-state index contributed by atoms with van der Waals surface area (Å²) in [4.78, 5) is 23.1. The molecule has 94 heavy (non-hydrogen) atoms. The molecule has 0 atom stereocenters. The van der Waals surface area contributed by atoms with E-state index in [-0.39, 0.29) is 18.6 Å². The maximum absolute atomic E-state index is 6.16. The normalized spacial score (nSPS) is 11.6. The molecule has 6 heterocycles. The number of hydrogen-bond donors (Lipinski definition) is 1. The van der Waals surface area contributed by atoms with Gasteiger partial charge in [0.2, 0.25) is 0 Å². The molecule has 20 aromatic rings. The van der Waals surface area contributed by atoms with Crippen molar-refractivity contribution in [3.8, 4) is 39.7 Å². The predicted octanol–water partition coefficient (Wildman–Crippen LogP) is 22.2. The quantitative estimate of drug-likeness (QED) is 0.186. The van der Waals surface area contributed by atoms with Gasteiger partial charge in [-0.2, -0.15) is 0 Å². The Labute approximate surface area is 556 Å². The number of aromatic amines is 1. The number of halogens is 1. The molecule has 0 saturated heterocycles. The van der Waals surface area contributed by atoms with Gasteiger partial charge in [0.15, 0.2) is 11.0 Å². The Hall–Kier alpha value is -11.6. The summed E-state index contributed by atoms with van der Waals surface area (Å²) >= 11 is 6.16. The molecule has 0 aliphatic carbocycles. The first kappa shape index (κ1) is 56.3. The van der Waals surface area contributed by atoms with Gasteiger partial charge in [0, 0.05) is 95.2 Å². The number of nitrogens with one attached hydrogen (secondary N) is 1. The SMILES string of the molecule is Clc1nc2ccccc2nc1-c1ccccc1.[V].c1ccc(-c2nc3ccccc3nc2-n2c3ccccc3c3cc4c5c6ccccc6ccc5n(-c5ccccc5)c4cc32)cc1.c1ccc(-n2c3cc4[nH]c5ccccc5c4cc3c3c4ccccc4ccc32)cc1. The minimum absolute atomic E-state index is 0. The van der Waals surface area contributed by atoms with Crippen molar-refractivity contribution in [1.29, 1.82) is 0 Å². The molecule has 14 aromatic carbocycles. The van der Waals surface area contributed by atoms with E-state index in [0.717, 1.165) is 72.6 Å². The van der Waals surface area contributed by atoms with E-state index < -0.39 is 0 Å². The topological polar surface area (TPSA) is 82.1 Å². The van der Waals surface area contributed by atoms with Gasteiger partial charge in [0.05, 0.1) is 55.2 Å². The minimum atomic E-state index is 0. The molecular formula is C84H53ClN8V. The van der Waals surface area contributed by atoms with E-state index in [4.69, 9.17) is 21.6 Å². The van der Waals surface area contributed by atoms with Crippen LogP contribution in [0.2, 0.25) is 5.15 Å². The van der Waals surface area contributed by atoms with Gasteiger partial charge in [-0.1, -0.05) is 230 Å². The third-order valence-electron chi connectivity index (χ3n) is 18.1. The predicted molar refractivity (Wildman–Crippen MR) is 389 cm³/mol. The van der Waals surface area contributed by atoms with E-state index >= 15 is 0 Å². The van der Waals surface area contributed by atoms with E-state index in [1.165, 1.54) is 97.9 Å². The van der Waals surface area contributed by atoms with Crippen molar-refractivity contribution in [3.63, 3.8) is 0 Å². The average molecular weight is 1260 g/mol. The van der Waals surface area contributed by atoms with Crippen LogP contribution < -0.4 is 0 Å². The fourth-order valence-electron chi connectivity index (χ4n) is 14.0. The number of hydrogen-bond acceptors (Lipinski definition) is 4. The molecule has 0 saturated carbocycles. The summed E-state index contributed by atoms with van der Waals surface area (Å²) in [7, 11) is 0. The Balaban J connectivity index is 0.000000119. The average Bonchev–Trinajstić information content (AvgIpc) is 1.56. The molecule has 20 rings (SSSR count). The molecule has 0 aliphatic heterocycles.